The van der Waals surface area contributed by atoms with Crippen molar-refractivity contribution in [1.29, 1.82) is 0 Å². The second-order valence-electron chi connectivity index (χ2n) is 13.4. The van der Waals surface area contributed by atoms with Crippen molar-refractivity contribution in [3.05, 3.63) is 195 Å². The molecule has 0 unspecified atom stereocenters. The van der Waals surface area contributed by atoms with Crippen molar-refractivity contribution in [2.24, 2.45) is 0 Å². The van der Waals surface area contributed by atoms with E-state index in [4.69, 9.17) is 4.98 Å². The Kier molecular flexibility index (Phi) is 7.43. The first-order chi connectivity index (χ1) is 26.2. The van der Waals surface area contributed by atoms with Crippen LogP contribution in [0.15, 0.2) is 195 Å². The third-order valence-corrected chi connectivity index (χ3v) is 10.1. The van der Waals surface area contributed by atoms with Gasteiger partial charge < -0.3 is 4.57 Å². The van der Waals surface area contributed by atoms with Crippen LogP contribution in [0, 0.1) is 0 Å². The Morgan fingerprint density at radius 1 is 0.358 bits per heavy atom. The molecule has 4 heteroatoms. The van der Waals surface area contributed by atoms with Gasteiger partial charge >= 0.3 is 0 Å². The van der Waals surface area contributed by atoms with E-state index in [2.05, 4.69) is 154 Å². The summed E-state index contributed by atoms with van der Waals surface area (Å²) in [6.07, 6.45) is 5.68. The van der Waals surface area contributed by atoms with Gasteiger partial charge in [-0.25, -0.2) is 4.98 Å². The molecule has 10 rings (SSSR count). The molecule has 0 bridgehead atoms. The second-order valence-corrected chi connectivity index (χ2v) is 13.4. The van der Waals surface area contributed by atoms with Crippen molar-refractivity contribution in [2.45, 2.75) is 0 Å². The minimum Gasteiger partial charge on any atom is -0.309 e. The van der Waals surface area contributed by atoms with Crippen LogP contribution in [0.3, 0.4) is 0 Å². The Bertz CT molecular complexity index is 2860. The van der Waals surface area contributed by atoms with Gasteiger partial charge in [0.25, 0.3) is 0 Å². The lowest BCUT2D eigenvalue weighted by molar-refractivity contribution is 1.18. The SMILES string of the molecule is c1ccc(-c2ccc3cc(-n4c5ccncc5c5cc(-c6ccc(-c7cc(-c8ccccc8)nc(-c8ccccn8)c7)cc6)ccc54)ccc3c2)cc1. The van der Waals surface area contributed by atoms with E-state index < -0.39 is 0 Å². The Labute approximate surface area is 307 Å². The first kappa shape index (κ1) is 30.6. The molecule has 0 N–H and O–H groups in total. The summed E-state index contributed by atoms with van der Waals surface area (Å²) >= 11 is 0. The van der Waals surface area contributed by atoms with E-state index in [1.807, 2.05) is 55.0 Å². The zero-order valence-electron chi connectivity index (χ0n) is 28.8. The highest BCUT2D eigenvalue weighted by Gasteiger charge is 2.15. The van der Waals surface area contributed by atoms with Gasteiger partial charge in [0.1, 0.15) is 0 Å². The van der Waals surface area contributed by atoms with Crippen LogP contribution in [0.1, 0.15) is 0 Å². The topological polar surface area (TPSA) is 43.6 Å². The molecule has 0 aliphatic rings. The van der Waals surface area contributed by atoms with Gasteiger partial charge in [-0.1, -0.05) is 115 Å². The Balaban J connectivity index is 1.02. The van der Waals surface area contributed by atoms with Gasteiger partial charge in [-0.05, 0) is 105 Å². The molecule has 10 aromatic rings. The number of aromatic nitrogens is 4. The maximum absolute atomic E-state index is 5.00. The molecule has 0 aliphatic heterocycles. The van der Waals surface area contributed by atoms with Crippen molar-refractivity contribution in [2.75, 3.05) is 0 Å². The van der Waals surface area contributed by atoms with Gasteiger partial charge in [-0.15, -0.1) is 0 Å². The summed E-state index contributed by atoms with van der Waals surface area (Å²) in [6.45, 7) is 0. The highest BCUT2D eigenvalue weighted by atomic mass is 15.0. The van der Waals surface area contributed by atoms with E-state index in [0.717, 1.165) is 67.0 Å². The highest BCUT2D eigenvalue weighted by molar-refractivity contribution is 6.10. The van der Waals surface area contributed by atoms with E-state index in [1.54, 1.807) is 0 Å². The van der Waals surface area contributed by atoms with Gasteiger partial charge in [0.2, 0.25) is 0 Å². The zero-order chi connectivity index (χ0) is 35.1. The van der Waals surface area contributed by atoms with Crippen LogP contribution in [0.2, 0.25) is 0 Å². The maximum atomic E-state index is 5.00. The maximum Gasteiger partial charge on any atom is 0.0899 e. The Morgan fingerprint density at radius 2 is 0.981 bits per heavy atom. The molecule has 0 atom stereocenters. The fourth-order valence-corrected chi connectivity index (χ4v) is 7.46. The molecule has 53 heavy (non-hydrogen) atoms. The van der Waals surface area contributed by atoms with Crippen molar-refractivity contribution in [3.63, 3.8) is 0 Å². The van der Waals surface area contributed by atoms with Crippen LogP contribution < -0.4 is 0 Å². The largest absolute Gasteiger partial charge is 0.309 e. The van der Waals surface area contributed by atoms with Crippen LogP contribution in [-0.2, 0) is 0 Å². The Hall–Kier alpha value is -7.17. The fourth-order valence-electron chi connectivity index (χ4n) is 7.46. The monoisotopic (exact) mass is 676 g/mol. The third kappa shape index (κ3) is 5.63. The zero-order valence-corrected chi connectivity index (χ0v) is 28.8. The Morgan fingerprint density at radius 3 is 1.77 bits per heavy atom. The number of hydrogen-bond acceptors (Lipinski definition) is 3. The predicted octanol–water partition coefficient (Wildman–Crippen LogP) is 12.5. The number of benzene rings is 6. The van der Waals surface area contributed by atoms with Crippen LogP contribution in [0.4, 0.5) is 0 Å². The first-order valence-electron chi connectivity index (χ1n) is 17.8. The number of rotatable bonds is 6. The summed E-state index contributed by atoms with van der Waals surface area (Å²) in [5, 5.41) is 4.74. The minimum atomic E-state index is 0.852. The molecule has 0 amide bonds. The van der Waals surface area contributed by atoms with E-state index >= 15 is 0 Å². The molecule has 4 aromatic heterocycles. The molecule has 0 saturated heterocycles. The van der Waals surface area contributed by atoms with Gasteiger partial charge in [0, 0.05) is 40.6 Å². The van der Waals surface area contributed by atoms with Crippen LogP contribution in [-0.4, -0.2) is 19.5 Å². The average molecular weight is 677 g/mol. The normalized spacial score (nSPS) is 11.4. The van der Waals surface area contributed by atoms with Crippen molar-refractivity contribution in [3.8, 4) is 61.7 Å². The summed E-state index contributed by atoms with van der Waals surface area (Å²) in [5.41, 5.74) is 14.1. The molecule has 0 radical (unpaired) electrons. The summed E-state index contributed by atoms with van der Waals surface area (Å²) in [5.74, 6) is 0. The molecule has 6 aromatic carbocycles. The quantitative estimate of drug-likeness (QED) is 0.176. The van der Waals surface area contributed by atoms with Gasteiger partial charge in [0.15, 0.2) is 0 Å². The van der Waals surface area contributed by atoms with Gasteiger partial charge in [-0.2, -0.15) is 0 Å². The molecular formula is C49H32N4. The van der Waals surface area contributed by atoms with Crippen molar-refractivity contribution in [1.82, 2.24) is 19.5 Å². The lowest BCUT2D eigenvalue weighted by Gasteiger charge is -2.11. The lowest BCUT2D eigenvalue weighted by atomic mass is 9.97. The third-order valence-electron chi connectivity index (χ3n) is 10.1. The summed E-state index contributed by atoms with van der Waals surface area (Å²) in [7, 11) is 0. The smallest absolute Gasteiger partial charge is 0.0899 e. The molecule has 0 aliphatic carbocycles. The highest BCUT2D eigenvalue weighted by Crippen LogP contribution is 2.37. The number of fused-ring (bicyclic) bond motifs is 4. The van der Waals surface area contributed by atoms with Crippen LogP contribution >= 0.6 is 0 Å². The molecule has 248 valence electrons. The standard InChI is InChI=1S/C49H32N4/c1-3-9-33(10-4-1)37-18-19-39-28-42(22-20-38(39)27-37)53-48-23-21-40(29-43(48)44-32-50-26-24-49(44)53)34-14-16-35(17-15-34)41-30-46(36-11-5-2-6-12-36)52-47(31-41)45-13-7-8-25-51-45/h1-32H. The van der Waals surface area contributed by atoms with E-state index in [0.29, 0.717) is 0 Å². The summed E-state index contributed by atoms with van der Waals surface area (Å²) in [6, 6.07) is 62.3. The molecule has 4 nitrogen and oxygen atoms in total. The summed E-state index contributed by atoms with van der Waals surface area (Å²) < 4.78 is 2.36. The van der Waals surface area contributed by atoms with Crippen molar-refractivity contribution < 1.29 is 0 Å². The molecule has 0 spiro atoms. The molecule has 4 heterocycles. The van der Waals surface area contributed by atoms with E-state index in [1.165, 1.54) is 27.3 Å². The van der Waals surface area contributed by atoms with E-state index in [9.17, 15) is 0 Å². The van der Waals surface area contributed by atoms with Crippen LogP contribution in [0.5, 0.6) is 0 Å². The summed E-state index contributed by atoms with van der Waals surface area (Å²) in [4.78, 5) is 14.1. The molecule has 0 saturated carbocycles. The van der Waals surface area contributed by atoms with Crippen LogP contribution in [0.25, 0.3) is 94.3 Å². The lowest BCUT2D eigenvalue weighted by Crippen LogP contribution is -1.94. The average Bonchev–Trinajstić information content (AvgIpc) is 3.58. The molecule has 0 fully saturated rings. The predicted molar refractivity (Wildman–Crippen MR) is 219 cm³/mol. The molecular weight excluding hydrogens is 645 g/mol. The number of hydrogen-bond donors (Lipinski definition) is 0. The first-order valence-corrected chi connectivity index (χ1v) is 17.8. The minimum absolute atomic E-state index is 0.852. The van der Waals surface area contributed by atoms with E-state index in [-0.39, 0.29) is 0 Å². The number of pyridine rings is 3. The number of nitrogens with zero attached hydrogens (tertiary/aromatic N) is 4. The fraction of sp³-hybridized carbons (Fsp3) is 0. The van der Waals surface area contributed by atoms with Gasteiger partial charge in [-0.3, -0.25) is 9.97 Å². The van der Waals surface area contributed by atoms with Gasteiger partial charge in [0.05, 0.1) is 28.1 Å². The second kappa shape index (κ2) is 12.9. The van der Waals surface area contributed by atoms with Crippen molar-refractivity contribution >= 4 is 32.6 Å².